The highest BCUT2D eigenvalue weighted by Crippen LogP contribution is 2.24. The summed E-state index contributed by atoms with van der Waals surface area (Å²) in [5.41, 5.74) is 2.26. The van der Waals surface area contributed by atoms with Crippen molar-refractivity contribution in [1.29, 1.82) is 0 Å². The molecule has 0 bridgehead atoms. The number of nitrogens with one attached hydrogen (secondary N) is 1. The zero-order valence-corrected chi connectivity index (χ0v) is 18.5. The maximum absolute atomic E-state index is 12.7. The maximum atomic E-state index is 12.7. The van der Waals surface area contributed by atoms with E-state index in [-0.39, 0.29) is 12.4 Å². The van der Waals surface area contributed by atoms with Crippen molar-refractivity contribution in [1.82, 2.24) is 15.5 Å². The highest BCUT2D eigenvalue weighted by molar-refractivity contribution is 7.92. The molecule has 0 fully saturated rings. The first-order valence-corrected chi connectivity index (χ1v) is 11.3. The lowest BCUT2D eigenvalue weighted by Gasteiger charge is -2.28. The summed E-state index contributed by atoms with van der Waals surface area (Å²) in [6.07, 6.45) is 1.05. The number of benzene rings is 2. The van der Waals surface area contributed by atoms with E-state index in [2.05, 4.69) is 15.5 Å². The van der Waals surface area contributed by atoms with Gasteiger partial charge in [-0.3, -0.25) is 9.10 Å². The minimum absolute atomic E-state index is 0.0255. The van der Waals surface area contributed by atoms with E-state index in [1.165, 1.54) is 14.0 Å². The molecule has 1 N–H and O–H groups in total. The molecule has 164 valence electrons. The van der Waals surface area contributed by atoms with Gasteiger partial charge in [0.15, 0.2) is 0 Å². The number of carbonyl (C=O) groups excluding carboxylic acids is 1. The van der Waals surface area contributed by atoms with Gasteiger partial charge in [0.05, 0.1) is 25.6 Å². The van der Waals surface area contributed by atoms with E-state index in [9.17, 15) is 13.2 Å². The van der Waals surface area contributed by atoms with Gasteiger partial charge in [0.25, 0.3) is 0 Å². The lowest BCUT2D eigenvalue weighted by atomic mass is 10.1. The van der Waals surface area contributed by atoms with Crippen LogP contribution in [-0.2, 0) is 21.4 Å². The summed E-state index contributed by atoms with van der Waals surface area (Å²) >= 11 is 0. The number of methoxy groups -OCH3 is 1. The molecule has 0 spiro atoms. The zero-order valence-electron chi connectivity index (χ0n) is 17.7. The summed E-state index contributed by atoms with van der Waals surface area (Å²) in [6, 6.07) is 13.1. The Hall–Kier alpha value is -3.40. The van der Waals surface area contributed by atoms with E-state index < -0.39 is 22.0 Å². The highest BCUT2D eigenvalue weighted by Gasteiger charge is 2.29. The molecule has 3 rings (SSSR count). The number of ether oxygens (including phenoxy) is 1. The van der Waals surface area contributed by atoms with E-state index in [1.807, 2.05) is 31.2 Å². The monoisotopic (exact) mass is 444 g/mol. The average molecular weight is 445 g/mol. The van der Waals surface area contributed by atoms with Gasteiger partial charge >= 0.3 is 0 Å². The third-order valence-corrected chi connectivity index (χ3v) is 5.85. The van der Waals surface area contributed by atoms with Crippen molar-refractivity contribution in [2.75, 3.05) is 17.7 Å². The summed E-state index contributed by atoms with van der Waals surface area (Å²) in [7, 11) is -2.20. The summed E-state index contributed by atoms with van der Waals surface area (Å²) in [4.78, 5) is 17.0. The molecule has 31 heavy (non-hydrogen) atoms. The van der Waals surface area contributed by atoms with E-state index in [0.29, 0.717) is 17.3 Å². The number of hydrogen-bond acceptors (Lipinski definition) is 7. The number of nitrogens with zero attached hydrogens (tertiary/aromatic N) is 3. The minimum atomic E-state index is -3.72. The van der Waals surface area contributed by atoms with Crippen LogP contribution in [0.15, 0.2) is 53.1 Å². The molecule has 1 amide bonds. The predicted molar refractivity (Wildman–Crippen MR) is 116 cm³/mol. The SMILES string of the molecule is COc1ccc(N([C@@H](C)C(=O)NCc2nc(-c3ccc(C)cc3)no2)S(C)(=O)=O)cc1. The Labute approximate surface area is 181 Å². The molecule has 1 aromatic heterocycles. The second-order valence-corrected chi connectivity index (χ2v) is 8.89. The van der Waals surface area contributed by atoms with Gasteiger partial charge in [-0.15, -0.1) is 0 Å². The first-order valence-electron chi connectivity index (χ1n) is 9.50. The highest BCUT2D eigenvalue weighted by atomic mass is 32.2. The van der Waals surface area contributed by atoms with Crippen molar-refractivity contribution in [2.45, 2.75) is 26.4 Å². The fraction of sp³-hybridized carbons (Fsp3) is 0.286. The van der Waals surface area contributed by atoms with Crippen molar-refractivity contribution >= 4 is 21.6 Å². The normalized spacial score (nSPS) is 12.3. The maximum Gasteiger partial charge on any atom is 0.246 e. The number of anilines is 1. The molecule has 10 heteroatoms. The quantitative estimate of drug-likeness (QED) is 0.568. The summed E-state index contributed by atoms with van der Waals surface area (Å²) in [6.45, 7) is 3.46. The molecule has 0 aliphatic rings. The van der Waals surface area contributed by atoms with Crippen LogP contribution in [0.3, 0.4) is 0 Å². The largest absolute Gasteiger partial charge is 0.497 e. The lowest BCUT2D eigenvalue weighted by molar-refractivity contribution is -0.122. The summed E-state index contributed by atoms with van der Waals surface area (Å²) < 4.78 is 36.1. The number of aryl methyl sites for hydroxylation is 1. The Bertz CT molecular complexity index is 1140. The molecule has 2 aromatic carbocycles. The molecule has 1 heterocycles. The third kappa shape index (κ3) is 5.40. The smallest absolute Gasteiger partial charge is 0.246 e. The van der Waals surface area contributed by atoms with E-state index in [4.69, 9.17) is 9.26 Å². The first kappa shape index (κ1) is 22.3. The Morgan fingerprint density at radius 1 is 1.16 bits per heavy atom. The Kier molecular flexibility index (Phi) is 6.59. The number of sulfonamides is 1. The number of carbonyl (C=O) groups is 1. The van der Waals surface area contributed by atoms with Crippen LogP contribution in [0.5, 0.6) is 5.75 Å². The molecule has 0 unspecified atom stereocenters. The number of amides is 1. The zero-order chi connectivity index (χ0) is 22.6. The molecule has 0 aliphatic carbocycles. The second-order valence-electron chi connectivity index (χ2n) is 7.03. The third-order valence-electron chi connectivity index (χ3n) is 4.61. The van der Waals surface area contributed by atoms with Crippen molar-refractivity contribution in [3.63, 3.8) is 0 Å². The van der Waals surface area contributed by atoms with Gasteiger partial charge in [0, 0.05) is 5.56 Å². The lowest BCUT2D eigenvalue weighted by Crippen LogP contribution is -2.47. The Morgan fingerprint density at radius 2 is 1.81 bits per heavy atom. The molecular formula is C21H24N4O5S. The van der Waals surface area contributed by atoms with E-state index in [0.717, 1.165) is 21.7 Å². The molecule has 0 aliphatic heterocycles. The fourth-order valence-electron chi connectivity index (χ4n) is 2.99. The van der Waals surface area contributed by atoms with E-state index >= 15 is 0 Å². The molecule has 3 aromatic rings. The van der Waals surface area contributed by atoms with Crippen LogP contribution in [0, 0.1) is 6.92 Å². The summed E-state index contributed by atoms with van der Waals surface area (Å²) in [5, 5.41) is 6.57. The van der Waals surface area contributed by atoms with Crippen LogP contribution < -0.4 is 14.4 Å². The molecule has 0 saturated carbocycles. The van der Waals surface area contributed by atoms with Crippen molar-refractivity contribution in [3.05, 3.63) is 60.0 Å². The van der Waals surface area contributed by atoms with Crippen molar-refractivity contribution < 1.29 is 22.5 Å². The molecule has 9 nitrogen and oxygen atoms in total. The van der Waals surface area contributed by atoms with Gasteiger partial charge in [0.1, 0.15) is 11.8 Å². The predicted octanol–water partition coefficient (Wildman–Crippen LogP) is 2.52. The fourth-order valence-corrected chi connectivity index (χ4v) is 4.17. The topological polar surface area (TPSA) is 115 Å². The minimum Gasteiger partial charge on any atom is -0.497 e. The van der Waals surface area contributed by atoms with Gasteiger partial charge in [-0.05, 0) is 38.1 Å². The van der Waals surface area contributed by atoms with Crippen LogP contribution in [0.25, 0.3) is 11.4 Å². The first-order chi connectivity index (χ1) is 14.7. The molecular weight excluding hydrogens is 420 g/mol. The molecule has 0 saturated heterocycles. The van der Waals surface area contributed by atoms with Crippen LogP contribution in [0.2, 0.25) is 0 Å². The standard InChI is InChI=1S/C21H24N4O5S/c1-14-5-7-16(8-6-14)20-23-19(30-24-20)13-22-21(26)15(2)25(31(4,27)28)17-9-11-18(29-3)12-10-17/h5-12,15H,13H2,1-4H3,(H,22,26)/t15-/m0/s1. The van der Waals surface area contributed by atoms with Crippen LogP contribution >= 0.6 is 0 Å². The number of aromatic nitrogens is 2. The van der Waals surface area contributed by atoms with Crippen LogP contribution in [0.1, 0.15) is 18.4 Å². The van der Waals surface area contributed by atoms with E-state index in [1.54, 1.807) is 24.3 Å². The molecule has 0 radical (unpaired) electrons. The molecule has 1 atom stereocenters. The van der Waals surface area contributed by atoms with Crippen molar-refractivity contribution in [2.24, 2.45) is 0 Å². The van der Waals surface area contributed by atoms with Crippen LogP contribution in [0.4, 0.5) is 5.69 Å². The van der Waals surface area contributed by atoms with Gasteiger partial charge in [-0.1, -0.05) is 35.0 Å². The van der Waals surface area contributed by atoms with Gasteiger partial charge in [0.2, 0.25) is 27.6 Å². The van der Waals surface area contributed by atoms with Crippen LogP contribution in [-0.4, -0.2) is 43.9 Å². The van der Waals surface area contributed by atoms with Gasteiger partial charge in [-0.2, -0.15) is 4.98 Å². The Balaban J connectivity index is 1.70. The Morgan fingerprint density at radius 3 is 2.39 bits per heavy atom. The summed E-state index contributed by atoms with van der Waals surface area (Å²) in [5.74, 6) is 0.700. The van der Waals surface area contributed by atoms with Gasteiger partial charge in [-0.25, -0.2) is 8.42 Å². The van der Waals surface area contributed by atoms with Gasteiger partial charge < -0.3 is 14.6 Å². The van der Waals surface area contributed by atoms with Crippen molar-refractivity contribution in [3.8, 4) is 17.1 Å². The average Bonchev–Trinajstić information content (AvgIpc) is 3.21. The number of hydrogen-bond donors (Lipinski definition) is 1. The number of rotatable bonds is 8. The second kappa shape index (κ2) is 9.17.